The number of halogens is 1. The summed E-state index contributed by atoms with van der Waals surface area (Å²) in [5.74, 6) is 0.0372. The molecule has 0 aliphatic heterocycles. The van der Waals surface area contributed by atoms with Crippen LogP contribution in [0.25, 0.3) is 0 Å². The summed E-state index contributed by atoms with van der Waals surface area (Å²) >= 11 is 6.28. The third-order valence-electron chi connectivity index (χ3n) is 6.37. The fourth-order valence-electron chi connectivity index (χ4n) is 4.12. The third kappa shape index (κ3) is 7.39. The average molecular weight is 644 g/mol. The number of amides is 1. The van der Waals surface area contributed by atoms with Gasteiger partial charge in [-0.25, -0.2) is 16.8 Å². The van der Waals surface area contributed by atoms with E-state index in [1.807, 2.05) is 13.8 Å². The Bertz CT molecular complexity index is 1850. The lowest BCUT2D eigenvalue weighted by Crippen LogP contribution is -2.38. The molecule has 0 spiro atoms. The predicted octanol–water partition coefficient (Wildman–Crippen LogP) is 5.61. The fraction of sp³-hybridized carbons (Fsp3) is 0.167. The van der Waals surface area contributed by atoms with E-state index in [9.17, 15) is 21.6 Å². The molecule has 1 amide bonds. The molecule has 0 aliphatic rings. The largest absolute Gasteiger partial charge is 0.495 e. The highest BCUT2D eigenvalue weighted by atomic mass is 35.5. The van der Waals surface area contributed by atoms with E-state index in [0.717, 1.165) is 15.4 Å². The molecule has 0 saturated carbocycles. The number of hydrogen-bond acceptors (Lipinski definition) is 7. The van der Waals surface area contributed by atoms with E-state index in [1.54, 1.807) is 30.3 Å². The second kappa shape index (κ2) is 12.9. The van der Waals surface area contributed by atoms with Crippen molar-refractivity contribution in [2.24, 2.45) is 0 Å². The Labute approximate surface area is 256 Å². The minimum absolute atomic E-state index is 0.00913. The topological polar surface area (TPSA) is 131 Å². The molecule has 0 aromatic heterocycles. The second-order valence-electron chi connectivity index (χ2n) is 9.53. The van der Waals surface area contributed by atoms with Gasteiger partial charge in [-0.3, -0.25) is 13.8 Å². The number of sulfonamides is 2. The summed E-state index contributed by atoms with van der Waals surface area (Å²) in [6.07, 6.45) is 0. The van der Waals surface area contributed by atoms with E-state index in [1.165, 1.54) is 68.8 Å². The molecule has 4 rings (SSSR count). The molecule has 4 aromatic carbocycles. The van der Waals surface area contributed by atoms with Crippen molar-refractivity contribution in [1.29, 1.82) is 0 Å². The van der Waals surface area contributed by atoms with Gasteiger partial charge in [0, 0.05) is 5.69 Å². The summed E-state index contributed by atoms with van der Waals surface area (Å²) in [5, 5.41) is 2.79. The van der Waals surface area contributed by atoms with Crippen LogP contribution in [0.2, 0.25) is 5.02 Å². The van der Waals surface area contributed by atoms with Crippen molar-refractivity contribution >= 4 is 54.6 Å². The molecular weight excluding hydrogens is 614 g/mol. The van der Waals surface area contributed by atoms with Crippen molar-refractivity contribution in [1.82, 2.24) is 0 Å². The summed E-state index contributed by atoms with van der Waals surface area (Å²) in [6.45, 7) is 3.07. The Morgan fingerprint density at radius 1 is 0.767 bits per heavy atom. The molecule has 0 heterocycles. The predicted molar refractivity (Wildman–Crippen MR) is 167 cm³/mol. The smallest absolute Gasteiger partial charge is 0.264 e. The molecular formula is C30H30ClN3O7S2. The molecule has 4 aromatic rings. The van der Waals surface area contributed by atoms with Crippen molar-refractivity contribution in [2.75, 3.05) is 35.1 Å². The van der Waals surface area contributed by atoms with E-state index in [0.29, 0.717) is 11.5 Å². The van der Waals surface area contributed by atoms with Crippen LogP contribution in [0.5, 0.6) is 11.5 Å². The average Bonchev–Trinajstić information content (AvgIpc) is 2.96. The first-order valence-electron chi connectivity index (χ1n) is 12.8. The van der Waals surface area contributed by atoms with Crippen LogP contribution in [0, 0.1) is 13.8 Å². The van der Waals surface area contributed by atoms with Gasteiger partial charge in [0.25, 0.3) is 20.0 Å². The highest BCUT2D eigenvalue weighted by molar-refractivity contribution is 7.93. The molecule has 0 saturated heterocycles. The Hall–Kier alpha value is -4.26. The molecule has 10 nitrogen and oxygen atoms in total. The summed E-state index contributed by atoms with van der Waals surface area (Å²) in [5.41, 5.74) is 2.41. The fourth-order valence-corrected chi connectivity index (χ4v) is 6.84. The summed E-state index contributed by atoms with van der Waals surface area (Å²) in [7, 11) is -5.29. The lowest BCUT2D eigenvalue weighted by atomic mass is 10.2. The zero-order chi connectivity index (χ0) is 31.4. The first-order chi connectivity index (χ1) is 20.3. The molecule has 0 bridgehead atoms. The van der Waals surface area contributed by atoms with Gasteiger partial charge < -0.3 is 14.8 Å². The summed E-state index contributed by atoms with van der Waals surface area (Å²) in [4.78, 5) is 13.1. The van der Waals surface area contributed by atoms with Crippen molar-refractivity contribution in [3.63, 3.8) is 0 Å². The van der Waals surface area contributed by atoms with E-state index < -0.39 is 32.5 Å². The normalized spacial score (nSPS) is 11.5. The second-order valence-corrected chi connectivity index (χ2v) is 13.5. The van der Waals surface area contributed by atoms with Gasteiger partial charge in [-0.15, -0.1) is 0 Å². The molecule has 226 valence electrons. The van der Waals surface area contributed by atoms with E-state index in [-0.39, 0.29) is 31.9 Å². The Kier molecular flexibility index (Phi) is 9.53. The van der Waals surface area contributed by atoms with Crippen molar-refractivity contribution in [3.05, 3.63) is 101 Å². The van der Waals surface area contributed by atoms with E-state index in [4.69, 9.17) is 21.1 Å². The van der Waals surface area contributed by atoms with E-state index in [2.05, 4.69) is 10.0 Å². The van der Waals surface area contributed by atoms with Gasteiger partial charge in [0.1, 0.15) is 18.0 Å². The third-order valence-corrected chi connectivity index (χ3v) is 9.83. The minimum atomic E-state index is -4.18. The van der Waals surface area contributed by atoms with Gasteiger partial charge in [0.2, 0.25) is 5.91 Å². The lowest BCUT2D eigenvalue weighted by Gasteiger charge is -2.24. The standard InChI is InChI=1S/C30H30ClN3O7S2/c1-20-5-11-25(12-6-20)43(38,39)34(23-10-16-28(40-3)26(31)18-23)19-30(35)32-22-8-13-24(14-9-22)42(36,37)33-27-17-21(2)7-15-29(27)41-4/h5-18,33H,19H2,1-4H3,(H,32,35). The van der Waals surface area contributed by atoms with Gasteiger partial charge in [0.05, 0.1) is 40.4 Å². The number of carbonyl (C=O) groups is 1. The highest BCUT2D eigenvalue weighted by Crippen LogP contribution is 2.32. The van der Waals surface area contributed by atoms with Crippen LogP contribution >= 0.6 is 11.6 Å². The molecule has 43 heavy (non-hydrogen) atoms. The lowest BCUT2D eigenvalue weighted by molar-refractivity contribution is -0.114. The zero-order valence-electron chi connectivity index (χ0n) is 23.8. The molecule has 0 radical (unpaired) electrons. The first kappa shape index (κ1) is 31.7. The Balaban J connectivity index is 1.56. The number of anilines is 3. The van der Waals surface area contributed by atoms with Crippen LogP contribution in [0.3, 0.4) is 0 Å². The summed E-state index contributed by atoms with van der Waals surface area (Å²) < 4.78 is 67.2. The van der Waals surface area contributed by atoms with Gasteiger partial charge >= 0.3 is 0 Å². The van der Waals surface area contributed by atoms with Gasteiger partial charge in [0.15, 0.2) is 0 Å². The number of rotatable bonds is 11. The monoisotopic (exact) mass is 643 g/mol. The minimum Gasteiger partial charge on any atom is -0.495 e. The Morgan fingerprint density at radius 2 is 1.35 bits per heavy atom. The SMILES string of the molecule is COc1ccc(N(CC(=O)Nc2ccc(S(=O)(=O)Nc3cc(C)ccc3OC)cc2)S(=O)(=O)c2ccc(C)cc2)cc1Cl. The maximum atomic E-state index is 13.7. The molecule has 0 aliphatic carbocycles. The molecule has 13 heteroatoms. The number of benzene rings is 4. The maximum Gasteiger partial charge on any atom is 0.264 e. The molecule has 0 atom stereocenters. The Morgan fingerprint density at radius 3 is 1.95 bits per heavy atom. The van der Waals surface area contributed by atoms with Gasteiger partial charge in [-0.1, -0.05) is 35.4 Å². The zero-order valence-corrected chi connectivity index (χ0v) is 26.2. The van der Waals surface area contributed by atoms with Crippen molar-refractivity contribution < 1.29 is 31.1 Å². The highest BCUT2D eigenvalue weighted by Gasteiger charge is 2.28. The first-order valence-corrected chi connectivity index (χ1v) is 16.1. The van der Waals surface area contributed by atoms with E-state index >= 15 is 0 Å². The molecule has 0 unspecified atom stereocenters. The number of nitrogens with one attached hydrogen (secondary N) is 2. The van der Waals surface area contributed by atoms with Gasteiger partial charge in [-0.2, -0.15) is 0 Å². The molecule has 2 N–H and O–H groups in total. The number of aryl methyl sites for hydroxylation is 2. The van der Waals surface area contributed by atoms with Crippen LogP contribution in [0.4, 0.5) is 17.1 Å². The van der Waals surface area contributed by atoms with Crippen LogP contribution in [0.1, 0.15) is 11.1 Å². The number of carbonyl (C=O) groups excluding carboxylic acids is 1. The van der Waals surface area contributed by atoms with Crippen LogP contribution in [-0.2, 0) is 24.8 Å². The molecule has 0 fully saturated rings. The van der Waals surface area contributed by atoms with Crippen molar-refractivity contribution in [3.8, 4) is 11.5 Å². The van der Waals surface area contributed by atoms with Crippen LogP contribution < -0.4 is 23.8 Å². The number of ether oxygens (including phenoxy) is 2. The number of methoxy groups -OCH3 is 2. The van der Waals surface area contributed by atoms with Crippen molar-refractivity contribution in [2.45, 2.75) is 23.6 Å². The van der Waals surface area contributed by atoms with Crippen LogP contribution in [0.15, 0.2) is 94.7 Å². The van der Waals surface area contributed by atoms with Crippen LogP contribution in [-0.4, -0.2) is 43.5 Å². The maximum absolute atomic E-state index is 13.7. The summed E-state index contributed by atoms with van der Waals surface area (Å²) in [6, 6.07) is 21.2. The number of nitrogens with zero attached hydrogens (tertiary/aromatic N) is 1. The van der Waals surface area contributed by atoms with Gasteiger partial charge in [-0.05, 0) is 86.1 Å². The quantitative estimate of drug-likeness (QED) is 0.217. The number of hydrogen-bond donors (Lipinski definition) is 2.